The number of fused-ring (bicyclic) bond motifs is 1. The Labute approximate surface area is 211 Å². The molecule has 3 N–H and O–H groups in total. The summed E-state index contributed by atoms with van der Waals surface area (Å²) in [6, 6.07) is 18.0. The number of hydrogen-bond donors (Lipinski definition) is 3. The second-order valence-corrected chi connectivity index (χ2v) is 9.45. The van der Waals surface area contributed by atoms with Crippen LogP contribution in [0.5, 0.6) is 11.5 Å². The number of anilines is 1. The number of carbonyl (C=O) groups is 1. The molecule has 4 rings (SSSR count). The minimum atomic E-state index is -4.73. The van der Waals surface area contributed by atoms with Crippen molar-refractivity contribution in [1.82, 2.24) is 0 Å². The van der Waals surface area contributed by atoms with Gasteiger partial charge in [0.05, 0.1) is 23.4 Å². The summed E-state index contributed by atoms with van der Waals surface area (Å²) in [5.41, 5.74) is 0.404. The lowest BCUT2D eigenvalue weighted by molar-refractivity contribution is 0.102. The van der Waals surface area contributed by atoms with Crippen molar-refractivity contribution in [2.75, 3.05) is 12.4 Å². The number of amides is 1. The van der Waals surface area contributed by atoms with E-state index >= 15 is 0 Å². The van der Waals surface area contributed by atoms with Crippen LogP contribution in [-0.2, 0) is 10.1 Å². The number of nitrogens with zero attached hydrogens (tertiary/aromatic N) is 2. The van der Waals surface area contributed by atoms with E-state index in [1.807, 2.05) is 0 Å². The zero-order valence-corrected chi connectivity index (χ0v) is 20.6. The summed E-state index contributed by atoms with van der Waals surface area (Å²) >= 11 is 6.11. The van der Waals surface area contributed by atoms with Crippen LogP contribution < -0.4 is 10.1 Å². The van der Waals surface area contributed by atoms with Gasteiger partial charge in [-0.2, -0.15) is 8.42 Å². The van der Waals surface area contributed by atoms with E-state index < -0.39 is 26.7 Å². The first-order chi connectivity index (χ1) is 17.1. The highest BCUT2D eigenvalue weighted by molar-refractivity contribution is 7.86. The Kier molecular flexibility index (Phi) is 6.93. The van der Waals surface area contributed by atoms with Crippen molar-refractivity contribution in [3.8, 4) is 11.5 Å². The third-order valence-electron chi connectivity index (χ3n) is 5.38. The molecular formula is C25H20ClN3O6S. The van der Waals surface area contributed by atoms with Crippen LogP contribution in [-0.4, -0.2) is 31.1 Å². The van der Waals surface area contributed by atoms with Gasteiger partial charge in [0.1, 0.15) is 22.0 Å². The molecule has 0 aliphatic carbocycles. The fraction of sp³-hybridized carbons (Fsp3) is 0.0800. The number of para-hydroxylation sites is 2. The van der Waals surface area contributed by atoms with E-state index in [9.17, 15) is 22.9 Å². The first-order valence-corrected chi connectivity index (χ1v) is 12.3. The number of halogens is 1. The maximum Gasteiger partial charge on any atom is 0.298 e. The van der Waals surface area contributed by atoms with Crippen LogP contribution in [0.2, 0.25) is 5.02 Å². The van der Waals surface area contributed by atoms with Crippen molar-refractivity contribution < 1.29 is 27.6 Å². The molecule has 4 aromatic rings. The molecule has 1 amide bonds. The zero-order valence-electron chi connectivity index (χ0n) is 19.1. The zero-order chi connectivity index (χ0) is 26.0. The molecule has 36 heavy (non-hydrogen) atoms. The minimum Gasteiger partial charge on any atom is -0.505 e. The van der Waals surface area contributed by atoms with Gasteiger partial charge in [0.15, 0.2) is 5.75 Å². The van der Waals surface area contributed by atoms with Crippen LogP contribution in [0.15, 0.2) is 81.9 Å². The molecule has 0 spiro atoms. The third-order valence-corrected chi connectivity index (χ3v) is 6.91. The second kappa shape index (κ2) is 9.94. The molecule has 0 fully saturated rings. The molecule has 0 heterocycles. The van der Waals surface area contributed by atoms with Gasteiger partial charge in [-0.25, -0.2) is 0 Å². The number of rotatable bonds is 6. The average Bonchev–Trinajstić information content (AvgIpc) is 2.84. The van der Waals surface area contributed by atoms with Crippen LogP contribution in [0.25, 0.3) is 10.8 Å². The van der Waals surface area contributed by atoms with E-state index in [-0.39, 0.29) is 22.0 Å². The van der Waals surface area contributed by atoms with Crippen molar-refractivity contribution in [2.45, 2.75) is 11.8 Å². The maximum atomic E-state index is 13.1. The van der Waals surface area contributed by atoms with Gasteiger partial charge in [0, 0.05) is 5.39 Å². The highest BCUT2D eigenvalue weighted by Gasteiger charge is 2.23. The Hall–Kier alpha value is -3.99. The number of aromatic hydroxyl groups is 1. The number of carbonyl (C=O) groups excluding carboxylic acids is 1. The van der Waals surface area contributed by atoms with Gasteiger partial charge in [0.25, 0.3) is 16.0 Å². The first kappa shape index (κ1) is 25.1. The Morgan fingerprint density at radius 3 is 2.44 bits per heavy atom. The number of ether oxygens (including phenoxy) is 1. The van der Waals surface area contributed by atoms with Crippen molar-refractivity contribution in [3.05, 3.63) is 82.9 Å². The van der Waals surface area contributed by atoms with Crippen molar-refractivity contribution >= 4 is 55.5 Å². The first-order valence-electron chi connectivity index (χ1n) is 10.5. The average molecular weight is 526 g/mol. The van der Waals surface area contributed by atoms with Crippen LogP contribution in [0.1, 0.15) is 15.9 Å². The van der Waals surface area contributed by atoms with Gasteiger partial charge in [-0.3, -0.25) is 9.35 Å². The molecule has 0 saturated carbocycles. The van der Waals surface area contributed by atoms with Crippen LogP contribution >= 0.6 is 11.6 Å². The number of phenols is 1. The normalized spacial score (nSPS) is 11.7. The third kappa shape index (κ3) is 4.87. The predicted octanol–water partition coefficient (Wildman–Crippen LogP) is 6.43. The van der Waals surface area contributed by atoms with Crippen molar-refractivity contribution in [3.63, 3.8) is 0 Å². The summed E-state index contributed by atoms with van der Waals surface area (Å²) in [6.45, 7) is 1.57. The maximum absolute atomic E-state index is 13.1. The Morgan fingerprint density at radius 2 is 1.72 bits per heavy atom. The molecule has 0 bridgehead atoms. The van der Waals surface area contributed by atoms with Gasteiger partial charge in [-0.15, -0.1) is 10.2 Å². The van der Waals surface area contributed by atoms with Gasteiger partial charge in [-0.1, -0.05) is 54.1 Å². The van der Waals surface area contributed by atoms with Gasteiger partial charge >= 0.3 is 0 Å². The molecule has 0 unspecified atom stereocenters. The molecule has 4 aromatic carbocycles. The van der Waals surface area contributed by atoms with Crippen molar-refractivity contribution in [2.24, 2.45) is 10.2 Å². The number of azo groups is 1. The molecule has 9 nitrogen and oxygen atoms in total. The summed E-state index contributed by atoms with van der Waals surface area (Å²) < 4.78 is 38.8. The topological polar surface area (TPSA) is 138 Å². The SMILES string of the molecule is COc1ccccc1NC(=O)c1cc2ccccc2c(N=Nc2ccc(C)c(Cl)c2S(=O)(=O)O)c1O. The van der Waals surface area contributed by atoms with Crippen LogP contribution in [0.3, 0.4) is 0 Å². The molecule has 0 saturated heterocycles. The van der Waals surface area contributed by atoms with Gasteiger partial charge in [-0.05, 0) is 42.1 Å². The molecule has 0 aromatic heterocycles. The highest BCUT2D eigenvalue weighted by atomic mass is 35.5. The number of phenolic OH excluding ortho intramolecular Hbond substituents is 1. The Bertz CT molecular complexity index is 1640. The highest BCUT2D eigenvalue weighted by Crippen LogP contribution is 2.41. The summed E-state index contributed by atoms with van der Waals surface area (Å²) in [6.07, 6.45) is 0. The number of hydrogen-bond acceptors (Lipinski definition) is 7. The molecular weight excluding hydrogens is 506 g/mol. The van der Waals surface area contributed by atoms with Gasteiger partial charge < -0.3 is 15.2 Å². The van der Waals surface area contributed by atoms with E-state index in [1.165, 1.54) is 25.3 Å². The van der Waals surface area contributed by atoms with Crippen molar-refractivity contribution in [1.29, 1.82) is 0 Å². The number of methoxy groups -OCH3 is 1. The number of aryl methyl sites for hydroxylation is 1. The molecule has 0 aliphatic rings. The smallest absolute Gasteiger partial charge is 0.298 e. The molecule has 0 radical (unpaired) electrons. The number of benzene rings is 4. The van der Waals surface area contributed by atoms with E-state index in [0.717, 1.165) is 0 Å². The van der Waals surface area contributed by atoms with Crippen LogP contribution in [0, 0.1) is 6.92 Å². The molecule has 184 valence electrons. The van der Waals surface area contributed by atoms with E-state index in [4.69, 9.17) is 16.3 Å². The quantitative estimate of drug-likeness (QED) is 0.196. The lowest BCUT2D eigenvalue weighted by Gasteiger charge is -2.13. The monoisotopic (exact) mass is 525 g/mol. The van der Waals surface area contributed by atoms with Gasteiger partial charge in [0.2, 0.25) is 0 Å². The molecule has 11 heteroatoms. The predicted molar refractivity (Wildman–Crippen MR) is 137 cm³/mol. The van der Waals surface area contributed by atoms with E-state index in [0.29, 0.717) is 27.8 Å². The summed E-state index contributed by atoms with van der Waals surface area (Å²) in [4.78, 5) is 12.5. The lowest BCUT2D eigenvalue weighted by Crippen LogP contribution is -2.13. The minimum absolute atomic E-state index is 0.0729. The fourth-order valence-electron chi connectivity index (χ4n) is 3.60. The lowest BCUT2D eigenvalue weighted by atomic mass is 10.0. The Morgan fingerprint density at radius 1 is 1.03 bits per heavy atom. The molecule has 0 aliphatic heterocycles. The molecule has 0 atom stereocenters. The second-order valence-electron chi connectivity index (χ2n) is 7.72. The summed E-state index contributed by atoms with van der Waals surface area (Å²) in [7, 11) is -3.26. The van der Waals surface area contributed by atoms with Crippen LogP contribution in [0.4, 0.5) is 17.1 Å². The fourth-order valence-corrected chi connectivity index (χ4v) is 4.81. The number of nitrogens with one attached hydrogen (secondary N) is 1. The summed E-state index contributed by atoms with van der Waals surface area (Å²) in [5, 5.41) is 22.6. The van der Waals surface area contributed by atoms with E-state index in [1.54, 1.807) is 55.5 Å². The summed E-state index contributed by atoms with van der Waals surface area (Å²) in [5.74, 6) is -0.673. The van der Waals surface area contributed by atoms with E-state index in [2.05, 4.69) is 15.5 Å². The standard InChI is InChI=1S/C25H20ClN3O6S/c1-14-11-12-19(24(21(14)26)36(32,33)34)28-29-22-16-8-4-3-7-15(16)13-17(23(22)30)25(31)27-18-9-5-6-10-20(18)35-2/h3-13,30H,1-2H3,(H,27,31)(H,32,33,34). The Balaban J connectivity index is 1.85. The largest absolute Gasteiger partial charge is 0.505 e.